The van der Waals surface area contributed by atoms with E-state index in [4.69, 9.17) is 17.3 Å². The Bertz CT molecular complexity index is 504. The van der Waals surface area contributed by atoms with E-state index in [2.05, 4.69) is 34.1 Å². The minimum Gasteiger partial charge on any atom is -0.324 e. The third-order valence-corrected chi connectivity index (χ3v) is 4.41. The lowest BCUT2D eigenvalue weighted by Crippen LogP contribution is -2.12. The molecule has 2 N–H and O–H groups in total. The molecular formula is C13H13BrClNS. The monoisotopic (exact) mass is 329 g/mol. The summed E-state index contributed by atoms with van der Waals surface area (Å²) in [7, 11) is 0. The van der Waals surface area contributed by atoms with E-state index in [1.54, 1.807) is 11.3 Å². The number of hydrogen-bond donors (Lipinski definition) is 1. The van der Waals surface area contributed by atoms with Gasteiger partial charge in [0, 0.05) is 22.4 Å². The summed E-state index contributed by atoms with van der Waals surface area (Å²) >= 11 is 11.2. The van der Waals surface area contributed by atoms with Crippen LogP contribution in [-0.4, -0.2) is 0 Å². The maximum Gasteiger partial charge on any atom is 0.0701 e. The molecular weight excluding hydrogens is 318 g/mol. The quantitative estimate of drug-likeness (QED) is 0.866. The number of thiophene rings is 1. The molecule has 0 fully saturated rings. The first-order valence-corrected chi connectivity index (χ1v) is 7.30. The number of halogens is 2. The van der Waals surface area contributed by atoms with Crippen LogP contribution in [0, 0.1) is 6.92 Å². The maximum absolute atomic E-state index is 6.21. The molecule has 1 unspecified atom stereocenters. The maximum atomic E-state index is 6.21. The van der Waals surface area contributed by atoms with Crippen LogP contribution >= 0.6 is 38.9 Å². The largest absolute Gasteiger partial charge is 0.324 e. The number of benzene rings is 1. The first-order chi connectivity index (χ1) is 8.04. The highest BCUT2D eigenvalue weighted by Gasteiger charge is 2.10. The van der Waals surface area contributed by atoms with Gasteiger partial charge in [-0.2, -0.15) is 0 Å². The molecule has 1 aromatic carbocycles. The predicted octanol–water partition coefficient (Wildman–Crippen LogP) is 4.71. The summed E-state index contributed by atoms with van der Waals surface area (Å²) in [5, 5.41) is 0.753. The van der Waals surface area contributed by atoms with Crippen molar-refractivity contribution in [2.24, 2.45) is 5.73 Å². The lowest BCUT2D eigenvalue weighted by molar-refractivity contribution is 0.729. The normalized spacial score (nSPS) is 12.7. The van der Waals surface area contributed by atoms with Crippen molar-refractivity contribution in [1.29, 1.82) is 0 Å². The highest BCUT2D eigenvalue weighted by molar-refractivity contribution is 9.11. The molecule has 1 atom stereocenters. The molecule has 0 saturated heterocycles. The molecule has 90 valence electrons. The van der Waals surface area contributed by atoms with Gasteiger partial charge in [-0.3, -0.25) is 0 Å². The minimum atomic E-state index is -0.00190. The highest BCUT2D eigenvalue weighted by atomic mass is 79.9. The van der Waals surface area contributed by atoms with Gasteiger partial charge in [-0.15, -0.1) is 11.3 Å². The van der Waals surface area contributed by atoms with E-state index in [0.717, 1.165) is 26.4 Å². The van der Waals surface area contributed by atoms with Gasteiger partial charge in [0.25, 0.3) is 0 Å². The van der Waals surface area contributed by atoms with Gasteiger partial charge in [-0.05, 0) is 58.2 Å². The van der Waals surface area contributed by atoms with Crippen molar-refractivity contribution in [3.63, 3.8) is 0 Å². The molecule has 0 spiro atoms. The molecule has 1 aromatic heterocycles. The average Bonchev–Trinajstić information content (AvgIpc) is 2.62. The van der Waals surface area contributed by atoms with E-state index in [9.17, 15) is 0 Å². The van der Waals surface area contributed by atoms with Gasteiger partial charge in [0.05, 0.1) is 3.79 Å². The third kappa shape index (κ3) is 3.55. The summed E-state index contributed by atoms with van der Waals surface area (Å²) in [6.07, 6.45) is 0.843. The number of nitrogens with two attached hydrogens (primary N) is 1. The summed E-state index contributed by atoms with van der Waals surface area (Å²) in [6, 6.07) is 10.1. The van der Waals surface area contributed by atoms with E-state index in [1.165, 1.54) is 4.88 Å². The standard InChI is InChI=1S/C13H13BrClNS/c1-8-4-9(6-10(15)5-8)12(16)7-11-2-3-13(14)17-11/h2-6,12H,7,16H2,1H3. The molecule has 17 heavy (non-hydrogen) atoms. The van der Waals surface area contributed by atoms with E-state index in [1.807, 2.05) is 19.1 Å². The number of aryl methyl sites for hydroxylation is 1. The van der Waals surface area contributed by atoms with Crippen LogP contribution in [0.1, 0.15) is 22.0 Å². The van der Waals surface area contributed by atoms with Crippen molar-refractivity contribution in [1.82, 2.24) is 0 Å². The second kappa shape index (κ2) is 5.53. The van der Waals surface area contributed by atoms with Gasteiger partial charge in [0.1, 0.15) is 0 Å². The summed E-state index contributed by atoms with van der Waals surface area (Å²) < 4.78 is 1.14. The molecule has 0 saturated carbocycles. The van der Waals surface area contributed by atoms with Gasteiger partial charge in [0.2, 0.25) is 0 Å². The van der Waals surface area contributed by atoms with Crippen LogP contribution in [-0.2, 0) is 6.42 Å². The summed E-state index contributed by atoms with van der Waals surface area (Å²) in [5.41, 5.74) is 8.45. The Balaban J connectivity index is 2.16. The van der Waals surface area contributed by atoms with Crippen LogP contribution in [0.15, 0.2) is 34.1 Å². The van der Waals surface area contributed by atoms with Crippen LogP contribution in [0.3, 0.4) is 0 Å². The Hall–Kier alpha value is -0.350. The van der Waals surface area contributed by atoms with Crippen LogP contribution in [0.25, 0.3) is 0 Å². The van der Waals surface area contributed by atoms with Crippen molar-refractivity contribution < 1.29 is 0 Å². The van der Waals surface area contributed by atoms with Crippen LogP contribution < -0.4 is 5.73 Å². The van der Waals surface area contributed by atoms with Crippen LogP contribution in [0.4, 0.5) is 0 Å². The summed E-state index contributed by atoms with van der Waals surface area (Å²) in [4.78, 5) is 1.28. The zero-order valence-corrected chi connectivity index (χ0v) is 12.6. The molecule has 0 aliphatic carbocycles. The Kier molecular flexibility index (Phi) is 4.26. The topological polar surface area (TPSA) is 26.0 Å². The van der Waals surface area contributed by atoms with Crippen molar-refractivity contribution in [3.8, 4) is 0 Å². The second-order valence-electron chi connectivity index (χ2n) is 4.08. The average molecular weight is 331 g/mol. The third-order valence-electron chi connectivity index (χ3n) is 2.54. The smallest absolute Gasteiger partial charge is 0.0701 e. The fraction of sp³-hybridized carbons (Fsp3) is 0.231. The second-order valence-corrected chi connectivity index (χ2v) is 7.06. The Labute approximate surface area is 119 Å². The molecule has 0 radical (unpaired) electrons. The molecule has 1 nitrogen and oxygen atoms in total. The molecule has 4 heteroatoms. The highest BCUT2D eigenvalue weighted by Crippen LogP contribution is 2.27. The molecule has 0 aliphatic heterocycles. The van der Waals surface area contributed by atoms with Gasteiger partial charge in [-0.25, -0.2) is 0 Å². The predicted molar refractivity (Wildman–Crippen MR) is 78.8 cm³/mol. The Morgan fingerprint density at radius 2 is 2.12 bits per heavy atom. The molecule has 0 aliphatic rings. The van der Waals surface area contributed by atoms with Crippen molar-refractivity contribution in [2.75, 3.05) is 0 Å². The number of rotatable bonds is 3. The van der Waals surface area contributed by atoms with E-state index < -0.39 is 0 Å². The molecule has 1 heterocycles. The molecule has 0 bridgehead atoms. The first-order valence-electron chi connectivity index (χ1n) is 5.31. The lowest BCUT2D eigenvalue weighted by Gasteiger charge is -2.12. The van der Waals surface area contributed by atoms with Gasteiger partial charge < -0.3 is 5.73 Å². The first kappa shape index (κ1) is 13.1. The summed E-state index contributed by atoms with van der Waals surface area (Å²) in [5.74, 6) is 0. The Morgan fingerprint density at radius 1 is 1.35 bits per heavy atom. The van der Waals surface area contributed by atoms with Gasteiger partial charge in [0.15, 0.2) is 0 Å². The zero-order chi connectivity index (χ0) is 12.4. The Morgan fingerprint density at radius 3 is 2.71 bits per heavy atom. The van der Waals surface area contributed by atoms with Crippen LogP contribution in [0.5, 0.6) is 0 Å². The van der Waals surface area contributed by atoms with Crippen molar-refractivity contribution in [3.05, 3.63) is 55.1 Å². The van der Waals surface area contributed by atoms with Crippen molar-refractivity contribution in [2.45, 2.75) is 19.4 Å². The lowest BCUT2D eigenvalue weighted by atomic mass is 10.0. The molecule has 2 rings (SSSR count). The summed E-state index contributed by atoms with van der Waals surface area (Å²) in [6.45, 7) is 2.03. The molecule has 2 aromatic rings. The van der Waals surface area contributed by atoms with Gasteiger partial charge in [-0.1, -0.05) is 17.7 Å². The van der Waals surface area contributed by atoms with E-state index >= 15 is 0 Å². The fourth-order valence-corrected chi connectivity index (χ4v) is 3.61. The minimum absolute atomic E-state index is 0.00190. The number of hydrogen-bond acceptors (Lipinski definition) is 2. The van der Waals surface area contributed by atoms with Crippen molar-refractivity contribution >= 4 is 38.9 Å². The SMILES string of the molecule is Cc1cc(Cl)cc(C(N)Cc2ccc(Br)s2)c1. The van der Waals surface area contributed by atoms with Gasteiger partial charge >= 0.3 is 0 Å². The fourth-order valence-electron chi connectivity index (χ4n) is 1.77. The zero-order valence-electron chi connectivity index (χ0n) is 9.41. The van der Waals surface area contributed by atoms with E-state index in [-0.39, 0.29) is 6.04 Å². The van der Waals surface area contributed by atoms with Crippen LogP contribution in [0.2, 0.25) is 5.02 Å². The molecule has 0 amide bonds. The van der Waals surface area contributed by atoms with E-state index in [0.29, 0.717) is 0 Å².